The van der Waals surface area contributed by atoms with Crippen LogP contribution in [-0.2, 0) is 0 Å². The molecule has 600 valence electrons. The van der Waals surface area contributed by atoms with Crippen LogP contribution in [-0.4, -0.2) is 18.3 Å². The fourth-order valence-corrected chi connectivity index (χ4v) is 19.0. The summed E-state index contributed by atoms with van der Waals surface area (Å²) in [6, 6.07) is 177. The van der Waals surface area contributed by atoms with Crippen LogP contribution in [0.15, 0.2) is 497 Å². The molecule has 0 bridgehead atoms. The van der Waals surface area contributed by atoms with Crippen molar-refractivity contribution in [2.75, 3.05) is 10.2 Å². The maximum atomic E-state index is 6.27. The van der Waals surface area contributed by atoms with Gasteiger partial charge in [0, 0.05) is 110 Å². The third-order valence-corrected chi connectivity index (χ3v) is 24.8. The van der Waals surface area contributed by atoms with Gasteiger partial charge >= 0.3 is 0 Å². The summed E-state index contributed by atoms with van der Waals surface area (Å²) in [4.78, 5) is 2.39. The van der Waals surface area contributed by atoms with E-state index in [0.717, 1.165) is 67.3 Å². The Morgan fingerprint density at radius 3 is 0.827 bits per heavy atom. The van der Waals surface area contributed by atoms with E-state index >= 15 is 0 Å². The molecule has 0 saturated carbocycles. The van der Waals surface area contributed by atoms with Crippen LogP contribution in [0.1, 0.15) is 0 Å². The molecule has 24 aromatic rings. The zero-order valence-corrected chi connectivity index (χ0v) is 70.2. The van der Waals surface area contributed by atoms with Gasteiger partial charge in [-0.05, 0) is 213 Å². The van der Waals surface area contributed by atoms with E-state index in [9.17, 15) is 0 Å². The number of halogens is 1. The van der Waals surface area contributed by atoms with Gasteiger partial charge in [-0.2, -0.15) is 0 Å². The SMILES string of the molecule is Clc1cccc(-c2cccc3c4ccccc4n(-c4ccccc4)c23)c1.c1ccc(-c2ccccc2-c2ccc(N(c3ccc(-n4c5ccccc5c5ccccc54)cc3)c3cccc(-c4cccc5c6ccccc6n(-c6ccccc6)c45)c3)cc2)cc1.c1ccc(-c2ccccc2-c2ccc(Nc3ccc(-n4c5ccccc5c5ccccc54)cc3)cc2)cc1. The lowest BCUT2D eigenvalue weighted by Crippen LogP contribution is -2.10. The predicted molar refractivity (Wildman–Crippen MR) is 539 cm³/mol. The molecule has 0 aliphatic heterocycles. The molecule has 0 aliphatic rings. The van der Waals surface area contributed by atoms with Crippen molar-refractivity contribution in [3.8, 4) is 89.5 Å². The lowest BCUT2D eigenvalue weighted by molar-refractivity contribution is 1.17. The van der Waals surface area contributed by atoms with Gasteiger partial charge in [-0.3, -0.25) is 0 Å². The van der Waals surface area contributed by atoms with Crippen molar-refractivity contribution < 1.29 is 0 Å². The number of benzene rings is 20. The quantitative estimate of drug-likeness (QED) is 0.111. The van der Waals surface area contributed by atoms with Crippen LogP contribution in [0.3, 0.4) is 0 Å². The molecule has 7 heteroatoms. The zero-order valence-electron chi connectivity index (χ0n) is 69.5. The van der Waals surface area contributed by atoms with E-state index in [1.165, 1.54) is 143 Å². The third kappa shape index (κ3) is 14.5. The monoisotopic (exact) mass is 1640 g/mol. The van der Waals surface area contributed by atoms with E-state index in [1.54, 1.807) is 0 Å². The van der Waals surface area contributed by atoms with Gasteiger partial charge in [0.05, 0.1) is 44.1 Å². The molecule has 0 saturated heterocycles. The summed E-state index contributed by atoms with van der Waals surface area (Å²) < 4.78 is 9.49. The highest BCUT2D eigenvalue weighted by Gasteiger charge is 2.23. The molecule has 1 N–H and O–H groups in total. The minimum absolute atomic E-state index is 0.752. The summed E-state index contributed by atoms with van der Waals surface area (Å²) in [7, 11) is 0. The number of hydrogen-bond acceptors (Lipinski definition) is 2. The van der Waals surface area contributed by atoms with Gasteiger partial charge in [-0.25, -0.2) is 0 Å². The highest BCUT2D eigenvalue weighted by Crippen LogP contribution is 2.46. The van der Waals surface area contributed by atoms with E-state index in [0.29, 0.717) is 0 Å². The van der Waals surface area contributed by atoms with Crippen molar-refractivity contribution in [1.82, 2.24) is 18.3 Å². The molecule has 127 heavy (non-hydrogen) atoms. The van der Waals surface area contributed by atoms with Gasteiger partial charge in [0.15, 0.2) is 0 Å². The normalized spacial score (nSPS) is 11.3. The van der Waals surface area contributed by atoms with Crippen LogP contribution in [0.4, 0.5) is 28.4 Å². The Bertz CT molecular complexity index is 8030. The average Bonchev–Trinajstić information content (AvgIpc) is 1.53. The first-order valence-corrected chi connectivity index (χ1v) is 43.6. The second-order valence-corrected chi connectivity index (χ2v) is 32.5. The smallest absolute Gasteiger partial charge is 0.0619 e. The number of para-hydroxylation sites is 10. The molecule has 4 heterocycles. The number of nitrogens with zero attached hydrogens (tertiary/aromatic N) is 5. The topological polar surface area (TPSA) is 35.0 Å². The van der Waals surface area contributed by atoms with Crippen LogP contribution < -0.4 is 10.2 Å². The number of anilines is 5. The van der Waals surface area contributed by atoms with Gasteiger partial charge in [-0.1, -0.05) is 351 Å². The maximum Gasteiger partial charge on any atom is 0.0619 e. The zero-order chi connectivity index (χ0) is 84.5. The fourth-order valence-electron chi connectivity index (χ4n) is 18.9. The number of aromatic nitrogens is 4. The average molecular weight is 1640 g/mol. The van der Waals surface area contributed by atoms with Crippen molar-refractivity contribution in [3.05, 3.63) is 502 Å². The first-order valence-electron chi connectivity index (χ1n) is 43.2. The summed E-state index contributed by atoms with van der Waals surface area (Å²) in [5.74, 6) is 0. The molecule has 0 radical (unpaired) electrons. The second-order valence-electron chi connectivity index (χ2n) is 32.1. The number of nitrogens with one attached hydrogen (secondary N) is 1. The Labute approximate surface area is 742 Å². The molecule has 0 atom stereocenters. The molecule has 4 aromatic heterocycles. The van der Waals surface area contributed by atoms with Gasteiger partial charge in [0.2, 0.25) is 0 Å². The van der Waals surface area contributed by atoms with Crippen molar-refractivity contribution >= 4 is 127 Å². The second kappa shape index (κ2) is 33.7. The molecule has 0 fully saturated rings. The summed E-state index contributed by atoms with van der Waals surface area (Å²) in [6.45, 7) is 0. The first kappa shape index (κ1) is 76.6. The molecule has 0 spiro atoms. The van der Waals surface area contributed by atoms with Gasteiger partial charge in [0.1, 0.15) is 0 Å². The maximum absolute atomic E-state index is 6.27. The Morgan fingerprint density at radius 2 is 0.433 bits per heavy atom. The van der Waals surface area contributed by atoms with Crippen LogP contribution >= 0.6 is 11.6 Å². The van der Waals surface area contributed by atoms with Crippen LogP contribution in [0, 0.1) is 0 Å². The van der Waals surface area contributed by atoms with Crippen LogP contribution in [0.5, 0.6) is 0 Å². The summed E-state index contributed by atoms with van der Waals surface area (Å²) >= 11 is 6.27. The Kier molecular flexibility index (Phi) is 20.3. The third-order valence-electron chi connectivity index (χ3n) is 24.6. The molecular weight excluding hydrogens is 1560 g/mol. The lowest BCUT2D eigenvalue weighted by Gasteiger charge is -2.27. The van der Waals surface area contributed by atoms with Gasteiger partial charge in [0.25, 0.3) is 0 Å². The molecule has 0 amide bonds. The molecular formula is C120H83ClN6. The Hall–Kier alpha value is -16.5. The van der Waals surface area contributed by atoms with Crippen molar-refractivity contribution in [2.24, 2.45) is 0 Å². The lowest BCUT2D eigenvalue weighted by atomic mass is 9.94. The molecule has 6 nitrogen and oxygen atoms in total. The van der Waals surface area contributed by atoms with Crippen molar-refractivity contribution in [2.45, 2.75) is 0 Å². The summed E-state index contributed by atoms with van der Waals surface area (Å²) in [5, 5.41) is 14.4. The van der Waals surface area contributed by atoms with E-state index in [2.05, 4.69) is 508 Å². The minimum atomic E-state index is 0.752. The molecule has 0 unspecified atom stereocenters. The Balaban J connectivity index is 0.000000125. The van der Waals surface area contributed by atoms with E-state index in [1.807, 2.05) is 18.2 Å². The Morgan fingerprint density at radius 1 is 0.173 bits per heavy atom. The number of hydrogen-bond donors (Lipinski definition) is 1. The first-order chi connectivity index (χ1) is 63.0. The van der Waals surface area contributed by atoms with Gasteiger partial charge < -0.3 is 28.5 Å². The molecule has 24 rings (SSSR count). The van der Waals surface area contributed by atoms with E-state index in [-0.39, 0.29) is 0 Å². The molecule has 20 aromatic carbocycles. The largest absolute Gasteiger partial charge is 0.356 e. The predicted octanol–water partition coefficient (Wildman–Crippen LogP) is 33.3. The summed E-state index contributed by atoms with van der Waals surface area (Å²) in [5.41, 5.74) is 34.0. The number of fused-ring (bicyclic) bond motifs is 12. The summed E-state index contributed by atoms with van der Waals surface area (Å²) in [6.07, 6.45) is 0. The highest BCUT2D eigenvalue weighted by atomic mass is 35.5. The molecule has 0 aliphatic carbocycles. The van der Waals surface area contributed by atoms with Crippen molar-refractivity contribution in [1.29, 1.82) is 0 Å². The van der Waals surface area contributed by atoms with Crippen LogP contribution in [0.2, 0.25) is 5.02 Å². The van der Waals surface area contributed by atoms with Crippen molar-refractivity contribution in [3.63, 3.8) is 0 Å². The fraction of sp³-hybridized carbons (Fsp3) is 0. The van der Waals surface area contributed by atoms with Crippen LogP contribution in [0.25, 0.3) is 177 Å². The number of rotatable bonds is 15. The van der Waals surface area contributed by atoms with E-state index < -0.39 is 0 Å². The standard InChI is InChI=1S/C60H41N3.C36H26N2.C24H16ClN/c1-3-17-42(18-4-1)50-23-7-8-24-51(50)43-33-35-46(36-34-43)61(47-37-39-48(40-38-47)62-57-30-12-9-25-53(57)54-26-10-13-31-58(54)62)49-22-15-19-44(41-49)52-28-16-29-56-55-27-11-14-32-59(55)63(60(52)56)45-20-5-2-6-21-45;1-2-10-26(11-3-1)31-12-4-5-13-32(31)27-18-20-28(21-19-27)37-29-22-24-30(25-23-29)38-35-16-8-6-14-33(35)34-15-7-9-17-36(34)38;25-18-9-6-8-17(16-18)20-13-7-14-22-21-12-4-5-15-23(21)26(24(20)22)19-10-2-1-3-11-19/h1-41H;1-25,37H;1-16H. The highest BCUT2D eigenvalue weighted by molar-refractivity contribution is 6.31. The van der Waals surface area contributed by atoms with Gasteiger partial charge in [-0.15, -0.1) is 0 Å². The minimum Gasteiger partial charge on any atom is -0.356 e. The van der Waals surface area contributed by atoms with E-state index in [4.69, 9.17) is 11.6 Å².